The van der Waals surface area contributed by atoms with Crippen molar-refractivity contribution in [1.82, 2.24) is 0 Å². The molecule has 1 aliphatic heterocycles. The Kier molecular flexibility index (Phi) is 1.83. The summed E-state index contributed by atoms with van der Waals surface area (Å²) >= 11 is 0. The van der Waals surface area contributed by atoms with Crippen molar-refractivity contribution >= 4 is 0 Å². The van der Waals surface area contributed by atoms with Crippen LogP contribution in [0.15, 0.2) is 0 Å². The number of ether oxygens (including phenoxy) is 1. The lowest BCUT2D eigenvalue weighted by Gasteiger charge is -2.22. The summed E-state index contributed by atoms with van der Waals surface area (Å²) in [6.07, 6.45) is 0.843. The van der Waals surface area contributed by atoms with E-state index in [0.717, 1.165) is 6.42 Å². The van der Waals surface area contributed by atoms with Crippen LogP contribution in [0.5, 0.6) is 0 Å². The van der Waals surface area contributed by atoms with Crippen LogP contribution in [-0.4, -0.2) is 24.0 Å². The number of aliphatic hydroxyl groups is 1. The van der Waals surface area contributed by atoms with Gasteiger partial charge in [-0.25, -0.2) is 0 Å². The first kappa shape index (κ1) is 6.01. The van der Waals surface area contributed by atoms with Crippen LogP contribution in [-0.2, 0) is 4.74 Å². The van der Waals surface area contributed by atoms with E-state index in [0.29, 0.717) is 13.0 Å². The van der Waals surface area contributed by atoms with Gasteiger partial charge in [-0.3, -0.25) is 0 Å². The quantitative estimate of drug-likeness (QED) is 0.447. The molecule has 0 spiro atoms. The lowest BCUT2D eigenvalue weighted by atomic mass is 10.1. The van der Waals surface area contributed by atoms with Crippen LogP contribution in [0.3, 0.4) is 0 Å². The van der Waals surface area contributed by atoms with Crippen molar-refractivity contribution in [3.05, 3.63) is 0 Å². The van der Waals surface area contributed by atoms with Crippen LogP contribution < -0.4 is 5.73 Å². The summed E-state index contributed by atoms with van der Waals surface area (Å²) in [5.74, 6) is 0. The molecule has 1 aliphatic rings. The third-order valence-electron chi connectivity index (χ3n) is 1.30. The zero-order valence-electron chi connectivity index (χ0n) is 4.71. The molecule has 48 valence electrons. The molecule has 0 amide bonds. The van der Waals surface area contributed by atoms with E-state index in [4.69, 9.17) is 15.6 Å². The molecule has 1 rings (SSSR count). The number of aliphatic hydroxyl groups excluding tert-OH is 1. The minimum absolute atomic E-state index is 0.138. The molecule has 0 saturated carbocycles. The Morgan fingerprint density at radius 2 is 2.38 bits per heavy atom. The van der Waals surface area contributed by atoms with E-state index in [1.54, 1.807) is 0 Å². The highest BCUT2D eigenvalue weighted by Gasteiger charge is 2.15. The molecule has 0 aromatic rings. The second kappa shape index (κ2) is 2.44. The van der Waals surface area contributed by atoms with Gasteiger partial charge in [0.25, 0.3) is 0 Å². The maximum Gasteiger partial charge on any atom is 0.156 e. The molecule has 1 fully saturated rings. The molecule has 0 bridgehead atoms. The van der Waals surface area contributed by atoms with Gasteiger partial charge < -0.3 is 15.6 Å². The normalized spacial score (nSPS) is 39.8. The SMILES string of the molecule is NC1CCOC(O)C1. The summed E-state index contributed by atoms with van der Waals surface area (Å²) < 4.78 is 4.82. The van der Waals surface area contributed by atoms with Crippen LogP contribution >= 0.6 is 0 Å². The Bertz CT molecular complexity index is 68.8. The van der Waals surface area contributed by atoms with E-state index in [1.807, 2.05) is 0 Å². The van der Waals surface area contributed by atoms with Crippen LogP contribution in [0, 0.1) is 0 Å². The number of nitrogens with two attached hydrogens (primary N) is 1. The van der Waals surface area contributed by atoms with Gasteiger partial charge >= 0.3 is 0 Å². The molecule has 0 aromatic carbocycles. The second-order valence-corrected chi connectivity index (χ2v) is 2.11. The van der Waals surface area contributed by atoms with Crippen LogP contribution in [0.1, 0.15) is 12.8 Å². The first-order chi connectivity index (χ1) is 3.79. The van der Waals surface area contributed by atoms with Gasteiger partial charge in [0.2, 0.25) is 0 Å². The summed E-state index contributed by atoms with van der Waals surface area (Å²) in [5.41, 5.74) is 5.49. The van der Waals surface area contributed by atoms with Crippen molar-refractivity contribution in [3.63, 3.8) is 0 Å². The van der Waals surface area contributed by atoms with Gasteiger partial charge in [-0.15, -0.1) is 0 Å². The van der Waals surface area contributed by atoms with Gasteiger partial charge in [0.05, 0.1) is 6.61 Å². The zero-order chi connectivity index (χ0) is 5.98. The van der Waals surface area contributed by atoms with Crippen molar-refractivity contribution in [1.29, 1.82) is 0 Å². The second-order valence-electron chi connectivity index (χ2n) is 2.11. The van der Waals surface area contributed by atoms with Crippen molar-refractivity contribution in [2.75, 3.05) is 6.61 Å². The molecule has 0 aromatic heterocycles. The third kappa shape index (κ3) is 1.43. The summed E-state index contributed by atoms with van der Waals surface area (Å²) in [6.45, 7) is 0.600. The molecule has 1 heterocycles. The number of rotatable bonds is 0. The van der Waals surface area contributed by atoms with Crippen LogP contribution in [0.4, 0.5) is 0 Å². The van der Waals surface area contributed by atoms with E-state index in [-0.39, 0.29) is 6.04 Å². The highest BCUT2D eigenvalue weighted by molar-refractivity contribution is 4.66. The van der Waals surface area contributed by atoms with Crippen LogP contribution in [0.2, 0.25) is 0 Å². The molecule has 2 atom stereocenters. The molecule has 3 heteroatoms. The van der Waals surface area contributed by atoms with E-state index in [9.17, 15) is 0 Å². The predicted octanol–water partition coefficient (Wildman–Crippen LogP) is -0.558. The Balaban J connectivity index is 2.23. The van der Waals surface area contributed by atoms with E-state index in [2.05, 4.69) is 0 Å². The van der Waals surface area contributed by atoms with E-state index < -0.39 is 6.29 Å². The first-order valence-corrected chi connectivity index (χ1v) is 2.84. The van der Waals surface area contributed by atoms with Gasteiger partial charge in [0.15, 0.2) is 6.29 Å². The molecule has 1 saturated heterocycles. The molecular weight excluding hydrogens is 106 g/mol. The Morgan fingerprint density at radius 3 is 2.75 bits per heavy atom. The zero-order valence-corrected chi connectivity index (χ0v) is 4.71. The smallest absolute Gasteiger partial charge is 0.156 e. The minimum atomic E-state index is -0.612. The summed E-state index contributed by atoms with van der Waals surface area (Å²) in [7, 11) is 0. The molecule has 2 unspecified atom stereocenters. The van der Waals surface area contributed by atoms with Gasteiger partial charge in [-0.1, -0.05) is 0 Å². The van der Waals surface area contributed by atoms with E-state index in [1.165, 1.54) is 0 Å². The Morgan fingerprint density at radius 1 is 1.62 bits per heavy atom. The van der Waals surface area contributed by atoms with Gasteiger partial charge in [-0.05, 0) is 6.42 Å². The molecule has 3 N–H and O–H groups in total. The fourth-order valence-electron chi connectivity index (χ4n) is 0.800. The minimum Gasteiger partial charge on any atom is -0.368 e. The highest BCUT2D eigenvalue weighted by Crippen LogP contribution is 2.08. The Hall–Kier alpha value is -0.120. The molecule has 8 heavy (non-hydrogen) atoms. The fraction of sp³-hybridized carbons (Fsp3) is 1.00. The summed E-state index contributed by atoms with van der Waals surface area (Å²) in [4.78, 5) is 0. The van der Waals surface area contributed by atoms with Gasteiger partial charge in [0, 0.05) is 12.5 Å². The average Bonchev–Trinajstić information content (AvgIpc) is 1.64. The Labute approximate surface area is 48.4 Å². The molecular formula is C5H11NO2. The summed E-state index contributed by atoms with van der Waals surface area (Å²) in [6, 6.07) is 0.138. The molecule has 0 aliphatic carbocycles. The molecule has 0 radical (unpaired) electrons. The van der Waals surface area contributed by atoms with Crippen molar-refractivity contribution in [2.45, 2.75) is 25.2 Å². The van der Waals surface area contributed by atoms with Gasteiger partial charge in [-0.2, -0.15) is 0 Å². The standard InChI is InChI=1S/C5H11NO2/c6-4-1-2-8-5(7)3-4/h4-5,7H,1-3,6H2. The number of hydrogen-bond donors (Lipinski definition) is 2. The lowest BCUT2D eigenvalue weighted by Crippen LogP contribution is -2.34. The van der Waals surface area contributed by atoms with Gasteiger partial charge in [0.1, 0.15) is 0 Å². The van der Waals surface area contributed by atoms with Crippen molar-refractivity contribution in [3.8, 4) is 0 Å². The van der Waals surface area contributed by atoms with Crippen molar-refractivity contribution < 1.29 is 9.84 Å². The maximum atomic E-state index is 8.78. The largest absolute Gasteiger partial charge is 0.368 e. The van der Waals surface area contributed by atoms with E-state index >= 15 is 0 Å². The fourth-order valence-corrected chi connectivity index (χ4v) is 0.800. The highest BCUT2D eigenvalue weighted by atomic mass is 16.6. The lowest BCUT2D eigenvalue weighted by molar-refractivity contribution is -0.127. The average molecular weight is 117 g/mol. The molecule has 3 nitrogen and oxygen atoms in total. The summed E-state index contributed by atoms with van der Waals surface area (Å²) in [5, 5.41) is 8.78. The predicted molar refractivity (Wildman–Crippen MR) is 29.2 cm³/mol. The monoisotopic (exact) mass is 117 g/mol. The van der Waals surface area contributed by atoms with Crippen molar-refractivity contribution in [2.24, 2.45) is 5.73 Å². The topological polar surface area (TPSA) is 55.5 Å². The first-order valence-electron chi connectivity index (χ1n) is 2.84. The third-order valence-corrected chi connectivity index (χ3v) is 1.30. The number of hydrogen-bond acceptors (Lipinski definition) is 3. The van der Waals surface area contributed by atoms with Crippen LogP contribution in [0.25, 0.3) is 0 Å². The maximum absolute atomic E-state index is 8.78.